The SMILES string of the molecule is CCOC(=O)c1ccc(Nc2nc(Nc3cc(C)[nH]n3)cc(N3CCN(C)CC3)n2)cc1. The molecule has 10 heteroatoms. The van der Waals surface area contributed by atoms with Gasteiger partial charge in [-0.25, -0.2) is 4.79 Å². The molecule has 0 spiro atoms. The number of aryl methyl sites for hydroxylation is 1. The quantitative estimate of drug-likeness (QED) is 0.481. The smallest absolute Gasteiger partial charge is 0.338 e. The molecule has 3 aromatic rings. The van der Waals surface area contributed by atoms with Gasteiger partial charge in [-0.05, 0) is 45.2 Å². The molecule has 0 aliphatic carbocycles. The zero-order chi connectivity index (χ0) is 22.5. The van der Waals surface area contributed by atoms with Crippen LogP contribution in [0.1, 0.15) is 23.0 Å². The number of piperazine rings is 1. The predicted molar refractivity (Wildman–Crippen MR) is 124 cm³/mol. The van der Waals surface area contributed by atoms with E-state index in [0.29, 0.717) is 29.8 Å². The summed E-state index contributed by atoms with van der Waals surface area (Å²) in [5.41, 5.74) is 2.23. The number of esters is 1. The Hall–Kier alpha value is -3.66. The molecule has 0 saturated carbocycles. The number of carbonyl (C=O) groups excluding carboxylic acids is 1. The summed E-state index contributed by atoms with van der Waals surface area (Å²) in [6, 6.07) is 10.9. The fraction of sp³-hybridized carbons (Fsp3) is 0.364. The molecule has 1 fully saturated rings. The van der Waals surface area contributed by atoms with E-state index in [-0.39, 0.29) is 5.97 Å². The summed E-state index contributed by atoms with van der Waals surface area (Å²) in [5, 5.41) is 13.6. The number of rotatable bonds is 7. The minimum atomic E-state index is -0.340. The summed E-state index contributed by atoms with van der Waals surface area (Å²) in [6.45, 7) is 7.81. The van der Waals surface area contributed by atoms with Crippen LogP contribution in [0.4, 0.5) is 29.1 Å². The molecule has 0 bridgehead atoms. The summed E-state index contributed by atoms with van der Waals surface area (Å²) in [5.74, 6) is 2.29. The minimum Gasteiger partial charge on any atom is -0.462 e. The lowest BCUT2D eigenvalue weighted by Gasteiger charge is -2.33. The van der Waals surface area contributed by atoms with Crippen LogP contribution in [0.5, 0.6) is 0 Å². The molecule has 3 heterocycles. The molecule has 0 unspecified atom stereocenters. The average Bonchev–Trinajstić information content (AvgIpc) is 3.19. The Morgan fingerprint density at radius 3 is 2.47 bits per heavy atom. The van der Waals surface area contributed by atoms with Crippen LogP contribution in [0.2, 0.25) is 0 Å². The number of nitrogens with one attached hydrogen (secondary N) is 3. The van der Waals surface area contributed by atoms with Crippen molar-refractivity contribution in [2.75, 3.05) is 55.4 Å². The molecule has 1 aliphatic heterocycles. The van der Waals surface area contributed by atoms with Crippen molar-refractivity contribution in [3.05, 3.63) is 47.7 Å². The highest BCUT2D eigenvalue weighted by Gasteiger charge is 2.18. The fourth-order valence-corrected chi connectivity index (χ4v) is 3.40. The lowest BCUT2D eigenvalue weighted by molar-refractivity contribution is 0.0526. The number of carbonyl (C=O) groups is 1. The molecule has 0 radical (unpaired) electrons. The van der Waals surface area contributed by atoms with Crippen molar-refractivity contribution in [3.8, 4) is 0 Å². The zero-order valence-electron chi connectivity index (χ0n) is 18.6. The Kier molecular flexibility index (Phi) is 6.50. The molecular formula is C22H28N8O2. The van der Waals surface area contributed by atoms with E-state index in [9.17, 15) is 4.79 Å². The number of hydrogen-bond acceptors (Lipinski definition) is 9. The van der Waals surface area contributed by atoms with Crippen LogP contribution < -0.4 is 15.5 Å². The zero-order valence-corrected chi connectivity index (χ0v) is 18.6. The highest BCUT2D eigenvalue weighted by atomic mass is 16.5. The van der Waals surface area contributed by atoms with Crippen LogP contribution in [0.15, 0.2) is 36.4 Å². The highest BCUT2D eigenvalue weighted by molar-refractivity contribution is 5.89. The standard InChI is InChI=1S/C22H28N8O2/c1-4-32-21(31)16-5-7-17(8-6-16)23-22-25-18(24-19-13-15(2)27-28-19)14-20(26-22)30-11-9-29(3)10-12-30/h5-8,13-14H,4,9-12H2,1-3H3,(H3,23,24,25,26,27,28). The molecule has 0 amide bonds. The van der Waals surface area contributed by atoms with E-state index in [4.69, 9.17) is 9.72 Å². The maximum Gasteiger partial charge on any atom is 0.338 e. The molecule has 1 aliphatic rings. The summed E-state index contributed by atoms with van der Waals surface area (Å²) in [7, 11) is 2.12. The van der Waals surface area contributed by atoms with Crippen molar-refractivity contribution < 1.29 is 9.53 Å². The lowest BCUT2D eigenvalue weighted by atomic mass is 10.2. The van der Waals surface area contributed by atoms with Gasteiger partial charge in [0.15, 0.2) is 5.82 Å². The minimum absolute atomic E-state index is 0.340. The molecule has 32 heavy (non-hydrogen) atoms. The summed E-state index contributed by atoms with van der Waals surface area (Å²) in [6.07, 6.45) is 0. The predicted octanol–water partition coefficient (Wildman–Crippen LogP) is 2.92. The van der Waals surface area contributed by atoms with E-state index in [1.54, 1.807) is 19.1 Å². The largest absolute Gasteiger partial charge is 0.462 e. The lowest BCUT2D eigenvalue weighted by Crippen LogP contribution is -2.44. The first-order chi connectivity index (χ1) is 15.5. The van der Waals surface area contributed by atoms with Gasteiger partial charge in [0.05, 0.1) is 12.2 Å². The summed E-state index contributed by atoms with van der Waals surface area (Å²) < 4.78 is 5.04. The van der Waals surface area contributed by atoms with Gasteiger partial charge in [0, 0.05) is 49.7 Å². The first kappa shape index (κ1) is 21.6. The summed E-state index contributed by atoms with van der Waals surface area (Å²) in [4.78, 5) is 25.8. The van der Waals surface area contributed by atoms with Gasteiger partial charge in [-0.15, -0.1) is 0 Å². The molecule has 1 saturated heterocycles. The highest BCUT2D eigenvalue weighted by Crippen LogP contribution is 2.24. The molecule has 10 nitrogen and oxygen atoms in total. The average molecular weight is 437 g/mol. The van der Waals surface area contributed by atoms with Crippen molar-refractivity contribution in [2.24, 2.45) is 0 Å². The van der Waals surface area contributed by atoms with Crippen LogP contribution >= 0.6 is 0 Å². The number of anilines is 5. The number of likely N-dealkylation sites (N-methyl/N-ethyl adjacent to an activating group) is 1. The molecule has 1 aromatic carbocycles. The first-order valence-corrected chi connectivity index (χ1v) is 10.7. The van der Waals surface area contributed by atoms with Crippen molar-refractivity contribution in [1.82, 2.24) is 25.1 Å². The van der Waals surface area contributed by atoms with Gasteiger partial charge < -0.3 is 25.2 Å². The van der Waals surface area contributed by atoms with E-state index >= 15 is 0 Å². The van der Waals surface area contributed by atoms with Gasteiger partial charge in [0.2, 0.25) is 5.95 Å². The van der Waals surface area contributed by atoms with Gasteiger partial charge in [-0.3, -0.25) is 5.10 Å². The van der Waals surface area contributed by atoms with Gasteiger partial charge >= 0.3 is 5.97 Å². The third-order valence-electron chi connectivity index (χ3n) is 5.15. The van der Waals surface area contributed by atoms with Crippen LogP contribution in [-0.4, -0.2) is 70.9 Å². The van der Waals surface area contributed by atoms with Crippen molar-refractivity contribution in [3.63, 3.8) is 0 Å². The topological polar surface area (TPSA) is 111 Å². The Bertz CT molecular complexity index is 1060. The second-order valence-electron chi connectivity index (χ2n) is 7.71. The number of hydrogen-bond donors (Lipinski definition) is 3. The van der Waals surface area contributed by atoms with Crippen molar-refractivity contribution in [1.29, 1.82) is 0 Å². The maximum absolute atomic E-state index is 11.9. The van der Waals surface area contributed by atoms with Crippen molar-refractivity contribution in [2.45, 2.75) is 13.8 Å². The molecule has 4 rings (SSSR count). The number of aromatic amines is 1. The second-order valence-corrected chi connectivity index (χ2v) is 7.71. The van der Waals surface area contributed by atoms with Crippen LogP contribution in [0.3, 0.4) is 0 Å². The molecule has 0 atom stereocenters. The Morgan fingerprint density at radius 2 is 1.81 bits per heavy atom. The van der Waals surface area contributed by atoms with Crippen LogP contribution in [-0.2, 0) is 4.74 Å². The Balaban J connectivity index is 1.57. The van der Waals surface area contributed by atoms with Gasteiger partial charge in [-0.2, -0.15) is 15.1 Å². The Labute approximate surface area is 187 Å². The van der Waals surface area contributed by atoms with Crippen LogP contribution in [0.25, 0.3) is 0 Å². The molecular weight excluding hydrogens is 408 g/mol. The first-order valence-electron chi connectivity index (χ1n) is 10.7. The van der Waals surface area contributed by atoms with Gasteiger partial charge in [0.25, 0.3) is 0 Å². The van der Waals surface area contributed by atoms with E-state index in [0.717, 1.165) is 43.4 Å². The number of H-pyrrole nitrogens is 1. The summed E-state index contributed by atoms with van der Waals surface area (Å²) >= 11 is 0. The molecule has 2 aromatic heterocycles. The number of nitrogens with zero attached hydrogens (tertiary/aromatic N) is 5. The van der Waals surface area contributed by atoms with Gasteiger partial charge in [0.1, 0.15) is 11.6 Å². The Morgan fingerprint density at radius 1 is 1.06 bits per heavy atom. The van der Waals surface area contributed by atoms with Gasteiger partial charge in [-0.1, -0.05) is 0 Å². The monoisotopic (exact) mass is 436 g/mol. The molecule has 168 valence electrons. The van der Waals surface area contributed by atoms with E-state index in [1.165, 1.54) is 0 Å². The third-order valence-corrected chi connectivity index (χ3v) is 5.15. The van der Waals surface area contributed by atoms with E-state index in [1.807, 2.05) is 31.2 Å². The second kappa shape index (κ2) is 9.65. The third kappa shape index (κ3) is 5.33. The number of aromatic nitrogens is 4. The fourth-order valence-electron chi connectivity index (χ4n) is 3.40. The number of ether oxygens (including phenoxy) is 1. The maximum atomic E-state index is 11.9. The number of benzene rings is 1. The normalized spacial score (nSPS) is 14.3. The van der Waals surface area contributed by atoms with Crippen molar-refractivity contribution >= 4 is 35.1 Å². The van der Waals surface area contributed by atoms with E-state index in [2.05, 4.69) is 42.7 Å². The molecule has 3 N–H and O–H groups in total. The van der Waals surface area contributed by atoms with Crippen LogP contribution in [0, 0.1) is 6.92 Å². The van der Waals surface area contributed by atoms with E-state index < -0.39 is 0 Å².